The lowest BCUT2D eigenvalue weighted by atomic mass is 9.78. The maximum Gasteiger partial charge on any atom is 0.242 e. The number of ketones is 2. The molecule has 7 rings (SSSR count). The first-order valence-corrected chi connectivity index (χ1v) is 19.2. The Morgan fingerprint density at radius 1 is 0.932 bits per heavy atom. The molecule has 19 nitrogen and oxygen atoms in total. The first-order chi connectivity index (χ1) is 28.4. The minimum absolute atomic E-state index is 0.0275. The number of hydrogen-bond donors (Lipinski definition) is 11. The van der Waals surface area contributed by atoms with Gasteiger partial charge in [-0.2, -0.15) is 0 Å². The fourth-order valence-corrected chi connectivity index (χ4v) is 8.11. The van der Waals surface area contributed by atoms with E-state index in [0.717, 1.165) is 0 Å². The standard InChI is InChI=1S/C40H47N5O14/c41-40-43-37-29(38(56)44-40)42-17-45(37)26-6-2-1-4-21(26)20(5-3-10-46)24-13-25-28(31(52)23-12-18(14-48)7-8-22(23)30(25)51)36(57-16-19(50)9-11-47)35(24)59-39-34(55)33(54)32(53)27(15-49)58-39/h1-2,4,6-8,11-13,19-20,27,29,32-34,37,39-40,42-43,46,48-50,53-55H,3,5,9-10,14-17,41H2,(H,44,56)/t19-,20+,27+,29+,32+,33-,34+,37+,39-,40+/m1/s1. The Bertz CT molecular complexity index is 2080. The molecule has 4 aliphatic rings. The second-order valence-corrected chi connectivity index (χ2v) is 14.8. The van der Waals surface area contributed by atoms with Crippen molar-refractivity contribution in [2.24, 2.45) is 5.73 Å². The van der Waals surface area contributed by atoms with Gasteiger partial charge >= 0.3 is 0 Å². The quantitative estimate of drug-likeness (QED) is 0.0548. The van der Waals surface area contributed by atoms with Crippen LogP contribution in [0.5, 0.6) is 11.5 Å². The van der Waals surface area contributed by atoms with E-state index >= 15 is 0 Å². The molecule has 0 spiro atoms. The highest BCUT2D eigenvalue weighted by Gasteiger charge is 2.47. The summed E-state index contributed by atoms with van der Waals surface area (Å²) in [6, 6.07) is 12.1. The number of benzene rings is 3. The van der Waals surface area contributed by atoms with Crippen molar-refractivity contribution in [3.63, 3.8) is 0 Å². The molecule has 19 heteroatoms. The number of nitrogens with two attached hydrogens (primary N) is 1. The molecule has 316 valence electrons. The van der Waals surface area contributed by atoms with Gasteiger partial charge in [-0.1, -0.05) is 24.3 Å². The molecule has 12 N–H and O–H groups in total. The smallest absolute Gasteiger partial charge is 0.242 e. The topological polar surface area (TPSA) is 303 Å². The van der Waals surface area contributed by atoms with Crippen molar-refractivity contribution < 1.29 is 69.1 Å². The number of anilines is 1. The number of carbonyl (C=O) groups excluding carboxylic acids is 4. The number of amides is 1. The maximum absolute atomic E-state index is 14.6. The minimum atomic E-state index is -1.95. The van der Waals surface area contributed by atoms with Crippen LogP contribution in [0.2, 0.25) is 0 Å². The number of aliphatic hydroxyl groups excluding tert-OH is 7. The molecule has 3 aromatic rings. The Hall–Kier alpha value is -4.90. The number of nitrogens with zero attached hydrogens (tertiary/aromatic N) is 1. The summed E-state index contributed by atoms with van der Waals surface area (Å²) in [7, 11) is 0. The van der Waals surface area contributed by atoms with Crippen molar-refractivity contribution in [3.05, 3.63) is 87.5 Å². The molecule has 0 saturated carbocycles. The van der Waals surface area contributed by atoms with Gasteiger partial charge in [0.1, 0.15) is 55.8 Å². The molecule has 0 radical (unpaired) electrons. The van der Waals surface area contributed by atoms with Gasteiger partial charge in [-0.25, -0.2) is 0 Å². The second kappa shape index (κ2) is 17.8. The number of nitrogens with one attached hydrogen (secondary N) is 3. The lowest BCUT2D eigenvalue weighted by Gasteiger charge is -2.40. The van der Waals surface area contributed by atoms with Crippen LogP contribution in [0.4, 0.5) is 5.69 Å². The van der Waals surface area contributed by atoms with Crippen LogP contribution in [0.1, 0.15) is 73.7 Å². The molecule has 0 bridgehead atoms. The maximum atomic E-state index is 14.6. The van der Waals surface area contributed by atoms with E-state index < -0.39 is 98.4 Å². The lowest BCUT2D eigenvalue weighted by molar-refractivity contribution is -0.277. The Labute approximate surface area is 337 Å². The largest absolute Gasteiger partial charge is 0.486 e. The summed E-state index contributed by atoms with van der Waals surface area (Å²) in [5.74, 6) is -3.21. The van der Waals surface area contributed by atoms with Crippen molar-refractivity contribution in [2.45, 2.75) is 87.1 Å². The number of fused-ring (bicyclic) bond motifs is 3. The van der Waals surface area contributed by atoms with Crippen molar-refractivity contribution in [2.75, 3.05) is 31.4 Å². The van der Waals surface area contributed by atoms with Gasteiger partial charge in [0.2, 0.25) is 12.2 Å². The van der Waals surface area contributed by atoms with Gasteiger partial charge in [0.25, 0.3) is 0 Å². The predicted octanol–water partition coefficient (Wildman–Crippen LogP) is -2.61. The third-order valence-electron chi connectivity index (χ3n) is 11.1. The number of aliphatic hydroxyl groups is 7. The van der Waals surface area contributed by atoms with E-state index in [1.54, 1.807) is 24.3 Å². The zero-order valence-corrected chi connectivity index (χ0v) is 31.6. The molecule has 0 aromatic heterocycles. The number of rotatable bonds is 15. The average Bonchev–Trinajstić information content (AvgIpc) is 3.66. The van der Waals surface area contributed by atoms with E-state index in [1.807, 2.05) is 4.90 Å². The van der Waals surface area contributed by atoms with Gasteiger partial charge in [0, 0.05) is 46.9 Å². The number of aldehydes is 1. The van der Waals surface area contributed by atoms with E-state index in [1.165, 1.54) is 24.3 Å². The monoisotopic (exact) mass is 821 g/mol. The van der Waals surface area contributed by atoms with Gasteiger partial charge in [-0.3, -0.25) is 30.8 Å². The summed E-state index contributed by atoms with van der Waals surface area (Å²) in [4.78, 5) is 55.3. The van der Waals surface area contributed by atoms with E-state index in [-0.39, 0.29) is 72.0 Å². The van der Waals surface area contributed by atoms with E-state index in [0.29, 0.717) is 23.1 Å². The Morgan fingerprint density at radius 3 is 2.44 bits per heavy atom. The van der Waals surface area contributed by atoms with Gasteiger partial charge in [-0.05, 0) is 48.2 Å². The first-order valence-electron chi connectivity index (χ1n) is 19.2. The molecule has 1 aliphatic carbocycles. The summed E-state index contributed by atoms with van der Waals surface area (Å²) in [6.07, 6.45) is -11.3. The van der Waals surface area contributed by atoms with Crippen molar-refractivity contribution in [1.29, 1.82) is 0 Å². The van der Waals surface area contributed by atoms with Crippen LogP contribution in [0.25, 0.3) is 0 Å². The van der Waals surface area contributed by atoms with Crippen LogP contribution < -0.4 is 36.1 Å². The molecule has 0 unspecified atom stereocenters. The van der Waals surface area contributed by atoms with Gasteiger partial charge in [-0.15, -0.1) is 0 Å². The van der Waals surface area contributed by atoms with Crippen LogP contribution in [-0.2, 0) is 20.9 Å². The molecule has 1 amide bonds. The van der Waals surface area contributed by atoms with Crippen LogP contribution >= 0.6 is 0 Å². The van der Waals surface area contributed by atoms with Crippen molar-refractivity contribution in [1.82, 2.24) is 16.0 Å². The van der Waals surface area contributed by atoms with Gasteiger partial charge in [0.05, 0.1) is 31.5 Å². The number of ether oxygens (including phenoxy) is 3. The molecule has 3 aromatic carbocycles. The Morgan fingerprint density at radius 2 is 1.71 bits per heavy atom. The normalized spacial score (nSPS) is 27.3. The molecular formula is C40H47N5O14. The number of para-hydroxylation sites is 1. The molecule has 59 heavy (non-hydrogen) atoms. The van der Waals surface area contributed by atoms with E-state index in [2.05, 4.69) is 16.0 Å². The number of carbonyl (C=O) groups is 4. The summed E-state index contributed by atoms with van der Waals surface area (Å²) < 4.78 is 18.4. The summed E-state index contributed by atoms with van der Waals surface area (Å²) >= 11 is 0. The van der Waals surface area contributed by atoms with Crippen LogP contribution in [0, 0.1) is 0 Å². The van der Waals surface area contributed by atoms with E-state index in [4.69, 9.17) is 19.9 Å². The zero-order chi connectivity index (χ0) is 42.1. The minimum Gasteiger partial charge on any atom is -0.486 e. The average molecular weight is 822 g/mol. The van der Waals surface area contributed by atoms with Crippen LogP contribution in [-0.4, -0.2) is 141 Å². The SMILES string of the molecule is N[C@@H]1NC(=O)[C@H]2NCN(c3ccccc3[C@H](CCCO)c3cc4c(c(OC[C@H](O)CC=O)c3O[C@H]3O[C@@H](CO)[C@H](O)[C@@H](O)[C@@H]3O)C(=O)c3cc(CO)ccc3C4=O)[C@@H]2N1. The summed E-state index contributed by atoms with van der Waals surface area (Å²) in [6.45, 7) is -1.93. The second-order valence-electron chi connectivity index (χ2n) is 14.8. The molecule has 3 saturated heterocycles. The van der Waals surface area contributed by atoms with Crippen LogP contribution in [0.15, 0.2) is 48.5 Å². The summed E-state index contributed by atoms with van der Waals surface area (Å²) in [5.41, 5.74) is 7.28. The molecule has 3 fully saturated rings. The third kappa shape index (κ3) is 7.95. The molecular weight excluding hydrogens is 774 g/mol. The summed E-state index contributed by atoms with van der Waals surface area (Å²) in [5, 5.41) is 82.4. The predicted molar refractivity (Wildman–Crippen MR) is 204 cm³/mol. The Kier molecular flexibility index (Phi) is 12.7. The van der Waals surface area contributed by atoms with Crippen LogP contribution in [0.3, 0.4) is 0 Å². The van der Waals surface area contributed by atoms with E-state index in [9.17, 15) is 54.9 Å². The Balaban J connectivity index is 1.47. The van der Waals surface area contributed by atoms with Crippen molar-refractivity contribution >= 4 is 29.4 Å². The molecule has 3 aliphatic heterocycles. The highest BCUT2D eigenvalue weighted by Crippen LogP contribution is 2.50. The van der Waals surface area contributed by atoms with Gasteiger partial charge < -0.3 is 65.0 Å². The third-order valence-corrected chi connectivity index (χ3v) is 11.1. The van der Waals surface area contributed by atoms with Crippen molar-refractivity contribution in [3.8, 4) is 11.5 Å². The highest BCUT2D eigenvalue weighted by molar-refractivity contribution is 6.29. The van der Waals surface area contributed by atoms with Gasteiger partial charge in [0.15, 0.2) is 23.1 Å². The fraction of sp³-hybridized carbons (Fsp3) is 0.450. The molecule has 10 atom stereocenters. The zero-order valence-electron chi connectivity index (χ0n) is 31.6. The fourth-order valence-electron chi connectivity index (χ4n) is 8.11. The first kappa shape index (κ1) is 42.2. The highest BCUT2D eigenvalue weighted by atomic mass is 16.7. The number of hydrogen-bond acceptors (Lipinski definition) is 18. The lowest BCUT2D eigenvalue weighted by Crippen LogP contribution is -2.70. The molecule has 3 heterocycles.